The Kier molecular flexibility index (Phi) is 3.54. The van der Waals surface area contributed by atoms with Crippen molar-refractivity contribution in [2.24, 2.45) is 5.73 Å². The van der Waals surface area contributed by atoms with E-state index in [2.05, 4.69) is 10.3 Å². The molecule has 0 saturated carbocycles. The van der Waals surface area contributed by atoms with Gasteiger partial charge in [0.1, 0.15) is 11.9 Å². The zero-order chi connectivity index (χ0) is 13.1. The molecule has 0 radical (unpaired) electrons. The molecule has 0 aliphatic heterocycles. The Morgan fingerprint density at radius 3 is 2.89 bits per heavy atom. The molecule has 2 aromatic rings. The number of halogens is 1. The highest BCUT2D eigenvalue weighted by molar-refractivity contribution is 7.13. The molecule has 0 bridgehead atoms. The number of hydrogen-bond acceptors (Lipinski definition) is 5. The van der Waals surface area contributed by atoms with Gasteiger partial charge in [-0.1, -0.05) is 12.1 Å². The second-order valence-electron chi connectivity index (χ2n) is 3.50. The Morgan fingerprint density at radius 2 is 2.22 bits per heavy atom. The van der Waals surface area contributed by atoms with E-state index in [0.29, 0.717) is 5.13 Å². The quantitative estimate of drug-likeness (QED) is 0.789. The monoisotopic (exact) mass is 267 g/mol. The minimum Gasteiger partial charge on any atom is -0.480 e. The number of nitrogens with two attached hydrogens (primary N) is 1. The molecular weight excluding hydrogens is 257 g/mol. The molecule has 2 rings (SSSR count). The van der Waals surface area contributed by atoms with Gasteiger partial charge in [-0.2, -0.15) is 0 Å². The number of benzene rings is 1. The highest BCUT2D eigenvalue weighted by Crippen LogP contribution is 2.24. The van der Waals surface area contributed by atoms with Crippen LogP contribution in [-0.2, 0) is 4.79 Å². The summed E-state index contributed by atoms with van der Waals surface area (Å²) in [5, 5.41) is 13.4. The van der Waals surface area contributed by atoms with E-state index >= 15 is 0 Å². The van der Waals surface area contributed by atoms with Gasteiger partial charge < -0.3 is 16.2 Å². The van der Waals surface area contributed by atoms with Crippen molar-refractivity contribution in [2.75, 3.05) is 5.32 Å². The van der Waals surface area contributed by atoms with Crippen LogP contribution in [0.3, 0.4) is 0 Å². The number of anilines is 2. The van der Waals surface area contributed by atoms with Crippen molar-refractivity contribution in [1.82, 2.24) is 4.98 Å². The molecule has 18 heavy (non-hydrogen) atoms. The number of thiazole rings is 1. The Bertz CT molecular complexity index is 573. The van der Waals surface area contributed by atoms with Crippen molar-refractivity contribution in [3.8, 4) is 0 Å². The van der Waals surface area contributed by atoms with Crippen molar-refractivity contribution in [1.29, 1.82) is 0 Å². The van der Waals surface area contributed by atoms with Crippen LogP contribution in [0.25, 0.3) is 0 Å². The topological polar surface area (TPSA) is 88.2 Å². The van der Waals surface area contributed by atoms with Crippen molar-refractivity contribution in [3.63, 3.8) is 0 Å². The SMILES string of the molecule is NC(C(=O)O)c1csc(Nc2ccccc2F)n1. The van der Waals surface area contributed by atoms with Gasteiger partial charge in [0.05, 0.1) is 11.4 Å². The summed E-state index contributed by atoms with van der Waals surface area (Å²) in [7, 11) is 0. The van der Waals surface area contributed by atoms with Crippen LogP contribution in [0.2, 0.25) is 0 Å². The van der Waals surface area contributed by atoms with Crippen LogP contribution < -0.4 is 11.1 Å². The van der Waals surface area contributed by atoms with Gasteiger partial charge in [0.25, 0.3) is 0 Å². The molecule has 0 saturated heterocycles. The fourth-order valence-corrected chi connectivity index (χ4v) is 2.05. The van der Waals surface area contributed by atoms with Gasteiger partial charge in [-0.25, -0.2) is 9.37 Å². The van der Waals surface area contributed by atoms with E-state index < -0.39 is 17.8 Å². The number of rotatable bonds is 4. The second kappa shape index (κ2) is 5.11. The highest BCUT2D eigenvalue weighted by atomic mass is 32.1. The number of nitrogens with zero attached hydrogens (tertiary/aromatic N) is 1. The molecule has 0 spiro atoms. The summed E-state index contributed by atoms with van der Waals surface area (Å²) in [6.07, 6.45) is 0. The van der Waals surface area contributed by atoms with Gasteiger partial charge in [-0.05, 0) is 12.1 Å². The molecule has 5 nitrogen and oxygen atoms in total. The van der Waals surface area contributed by atoms with E-state index in [9.17, 15) is 9.18 Å². The summed E-state index contributed by atoms with van der Waals surface area (Å²) < 4.78 is 13.4. The lowest BCUT2D eigenvalue weighted by Gasteiger charge is -2.03. The molecule has 4 N–H and O–H groups in total. The van der Waals surface area contributed by atoms with Gasteiger partial charge in [-0.15, -0.1) is 11.3 Å². The van der Waals surface area contributed by atoms with E-state index in [0.717, 1.165) is 0 Å². The molecule has 0 aliphatic rings. The predicted molar refractivity (Wildman–Crippen MR) is 66.4 cm³/mol. The van der Waals surface area contributed by atoms with Gasteiger partial charge in [-0.3, -0.25) is 4.79 Å². The van der Waals surface area contributed by atoms with Crippen LogP contribution in [0.4, 0.5) is 15.2 Å². The molecule has 7 heteroatoms. The summed E-state index contributed by atoms with van der Waals surface area (Å²) in [6.45, 7) is 0. The molecule has 1 heterocycles. The summed E-state index contributed by atoms with van der Waals surface area (Å²) in [6, 6.07) is 4.97. The lowest BCUT2D eigenvalue weighted by Crippen LogP contribution is -2.20. The zero-order valence-corrected chi connectivity index (χ0v) is 9.95. The average molecular weight is 267 g/mol. The fraction of sp³-hybridized carbons (Fsp3) is 0.0909. The van der Waals surface area contributed by atoms with Gasteiger partial charge in [0, 0.05) is 5.38 Å². The maximum absolute atomic E-state index is 13.4. The maximum atomic E-state index is 13.4. The predicted octanol–water partition coefficient (Wildman–Crippen LogP) is 2.11. The number of aromatic nitrogens is 1. The van der Waals surface area contributed by atoms with Crippen LogP contribution >= 0.6 is 11.3 Å². The van der Waals surface area contributed by atoms with Crippen LogP contribution in [0.15, 0.2) is 29.6 Å². The Labute approximate surface area is 106 Å². The normalized spacial score (nSPS) is 12.1. The second-order valence-corrected chi connectivity index (χ2v) is 4.36. The Morgan fingerprint density at radius 1 is 1.50 bits per heavy atom. The lowest BCUT2D eigenvalue weighted by atomic mass is 10.2. The van der Waals surface area contributed by atoms with Crippen molar-refractivity contribution >= 4 is 28.1 Å². The zero-order valence-electron chi connectivity index (χ0n) is 9.13. The van der Waals surface area contributed by atoms with E-state index in [1.165, 1.54) is 22.8 Å². The summed E-state index contributed by atoms with van der Waals surface area (Å²) in [4.78, 5) is 14.7. The molecule has 1 aromatic heterocycles. The third-order valence-corrected chi connectivity index (χ3v) is 3.00. The molecule has 0 amide bonds. The first-order chi connectivity index (χ1) is 8.58. The average Bonchev–Trinajstić information content (AvgIpc) is 2.79. The smallest absolute Gasteiger partial charge is 0.326 e. The van der Waals surface area contributed by atoms with Crippen molar-refractivity contribution in [2.45, 2.75) is 6.04 Å². The summed E-state index contributed by atoms with van der Waals surface area (Å²) in [5.41, 5.74) is 5.94. The molecule has 0 aliphatic carbocycles. The minimum absolute atomic E-state index is 0.242. The van der Waals surface area contributed by atoms with E-state index in [-0.39, 0.29) is 11.4 Å². The minimum atomic E-state index is -1.17. The largest absolute Gasteiger partial charge is 0.480 e. The summed E-state index contributed by atoms with van der Waals surface area (Å²) in [5.74, 6) is -1.56. The molecule has 1 aromatic carbocycles. The Hall–Kier alpha value is -1.99. The van der Waals surface area contributed by atoms with Crippen molar-refractivity contribution < 1.29 is 14.3 Å². The molecule has 1 atom stereocenters. The molecular formula is C11H10FN3O2S. The maximum Gasteiger partial charge on any atom is 0.326 e. The number of aliphatic carboxylic acids is 1. The summed E-state index contributed by atoms with van der Waals surface area (Å²) >= 11 is 1.17. The van der Waals surface area contributed by atoms with Crippen LogP contribution in [0, 0.1) is 5.82 Å². The molecule has 0 fully saturated rings. The van der Waals surface area contributed by atoms with Gasteiger partial charge in [0.15, 0.2) is 5.13 Å². The number of carboxylic acids is 1. The third kappa shape index (κ3) is 2.63. The first-order valence-electron chi connectivity index (χ1n) is 5.03. The van der Waals surface area contributed by atoms with Crippen LogP contribution in [0.5, 0.6) is 0 Å². The number of carboxylic acid groups (broad SMARTS) is 1. The van der Waals surface area contributed by atoms with E-state index in [1.54, 1.807) is 18.2 Å². The van der Waals surface area contributed by atoms with Gasteiger partial charge >= 0.3 is 5.97 Å². The van der Waals surface area contributed by atoms with Gasteiger partial charge in [0.2, 0.25) is 0 Å². The Balaban J connectivity index is 2.17. The van der Waals surface area contributed by atoms with Crippen LogP contribution in [-0.4, -0.2) is 16.1 Å². The number of para-hydroxylation sites is 1. The number of carbonyl (C=O) groups is 1. The van der Waals surface area contributed by atoms with Crippen molar-refractivity contribution in [3.05, 3.63) is 41.2 Å². The number of nitrogens with one attached hydrogen (secondary N) is 1. The molecule has 94 valence electrons. The highest BCUT2D eigenvalue weighted by Gasteiger charge is 2.17. The number of hydrogen-bond donors (Lipinski definition) is 3. The van der Waals surface area contributed by atoms with E-state index in [1.807, 2.05) is 0 Å². The first-order valence-corrected chi connectivity index (χ1v) is 5.91. The van der Waals surface area contributed by atoms with E-state index in [4.69, 9.17) is 10.8 Å². The van der Waals surface area contributed by atoms with Crippen LogP contribution in [0.1, 0.15) is 11.7 Å². The third-order valence-electron chi connectivity index (χ3n) is 2.22. The first kappa shape index (κ1) is 12.5. The fourth-order valence-electron chi connectivity index (χ4n) is 1.29. The standard InChI is InChI=1S/C11H10FN3O2S/c12-6-3-1-2-4-7(6)14-11-15-8(5-18-11)9(13)10(16)17/h1-5,9H,13H2,(H,14,15)(H,16,17). The molecule has 1 unspecified atom stereocenters. The lowest BCUT2D eigenvalue weighted by molar-refractivity contribution is -0.138.